The van der Waals surface area contributed by atoms with Gasteiger partial charge < -0.3 is 10.0 Å². The van der Waals surface area contributed by atoms with Crippen LogP contribution < -0.4 is 0 Å². The SMILES string of the molecule is CC(O)CCN1CCN(C(C)(C)C#N)CC1. The minimum Gasteiger partial charge on any atom is -0.393 e. The van der Waals surface area contributed by atoms with E-state index in [1.807, 2.05) is 20.8 Å². The molecule has 0 aromatic heterocycles. The van der Waals surface area contributed by atoms with E-state index in [2.05, 4.69) is 15.9 Å². The molecule has 1 aliphatic rings. The largest absolute Gasteiger partial charge is 0.393 e. The molecule has 0 aromatic rings. The van der Waals surface area contributed by atoms with Crippen LogP contribution in [0.3, 0.4) is 0 Å². The van der Waals surface area contributed by atoms with E-state index in [1.54, 1.807) is 0 Å². The van der Waals surface area contributed by atoms with Crippen LogP contribution in [-0.2, 0) is 0 Å². The lowest BCUT2D eigenvalue weighted by Crippen LogP contribution is -2.54. The van der Waals surface area contributed by atoms with Crippen molar-refractivity contribution in [3.63, 3.8) is 0 Å². The van der Waals surface area contributed by atoms with Gasteiger partial charge in [0.15, 0.2) is 0 Å². The van der Waals surface area contributed by atoms with Crippen molar-refractivity contribution in [1.82, 2.24) is 9.80 Å². The highest BCUT2D eigenvalue weighted by atomic mass is 16.3. The summed E-state index contributed by atoms with van der Waals surface area (Å²) >= 11 is 0. The van der Waals surface area contributed by atoms with Crippen LogP contribution in [0.1, 0.15) is 27.2 Å². The summed E-state index contributed by atoms with van der Waals surface area (Å²) in [6, 6.07) is 2.34. The first-order valence-electron chi connectivity index (χ1n) is 6.02. The van der Waals surface area contributed by atoms with Gasteiger partial charge in [-0.2, -0.15) is 5.26 Å². The zero-order valence-corrected chi connectivity index (χ0v) is 10.6. The lowest BCUT2D eigenvalue weighted by atomic mass is 10.0. The molecule has 0 amide bonds. The Bertz CT molecular complexity index is 249. The summed E-state index contributed by atoms with van der Waals surface area (Å²) in [7, 11) is 0. The van der Waals surface area contributed by atoms with Crippen molar-refractivity contribution < 1.29 is 5.11 Å². The molecule has 0 bridgehead atoms. The van der Waals surface area contributed by atoms with E-state index in [9.17, 15) is 5.11 Å². The Morgan fingerprint density at radius 1 is 1.31 bits per heavy atom. The summed E-state index contributed by atoms with van der Waals surface area (Å²) in [6.07, 6.45) is 0.621. The van der Waals surface area contributed by atoms with Crippen LogP contribution in [0.2, 0.25) is 0 Å². The highest BCUT2D eigenvalue weighted by molar-refractivity contribution is 5.02. The summed E-state index contributed by atoms with van der Waals surface area (Å²) in [5, 5.41) is 18.3. The summed E-state index contributed by atoms with van der Waals surface area (Å²) in [6.45, 7) is 10.6. The maximum Gasteiger partial charge on any atom is 0.103 e. The second-order valence-electron chi connectivity index (χ2n) is 5.14. The lowest BCUT2D eigenvalue weighted by Gasteiger charge is -2.40. The highest BCUT2D eigenvalue weighted by Gasteiger charge is 2.29. The molecule has 1 fully saturated rings. The van der Waals surface area contributed by atoms with Crippen molar-refractivity contribution in [2.75, 3.05) is 32.7 Å². The van der Waals surface area contributed by atoms with E-state index in [-0.39, 0.29) is 11.6 Å². The molecular weight excluding hydrogens is 202 g/mol. The number of rotatable bonds is 4. The number of piperazine rings is 1. The van der Waals surface area contributed by atoms with Gasteiger partial charge in [-0.15, -0.1) is 0 Å². The van der Waals surface area contributed by atoms with Crippen molar-refractivity contribution in [2.45, 2.75) is 38.8 Å². The Balaban J connectivity index is 2.32. The molecule has 0 aromatic carbocycles. The number of nitrogens with zero attached hydrogens (tertiary/aromatic N) is 3. The smallest absolute Gasteiger partial charge is 0.103 e. The molecule has 92 valence electrons. The quantitative estimate of drug-likeness (QED) is 0.764. The van der Waals surface area contributed by atoms with Gasteiger partial charge in [0.05, 0.1) is 12.2 Å². The van der Waals surface area contributed by atoms with Crippen molar-refractivity contribution in [3.05, 3.63) is 0 Å². The van der Waals surface area contributed by atoms with E-state index in [1.165, 1.54) is 0 Å². The summed E-state index contributed by atoms with van der Waals surface area (Å²) in [4.78, 5) is 4.59. The third kappa shape index (κ3) is 3.75. The summed E-state index contributed by atoms with van der Waals surface area (Å²) in [5.74, 6) is 0. The van der Waals surface area contributed by atoms with E-state index in [0.29, 0.717) is 0 Å². The third-order valence-corrected chi connectivity index (χ3v) is 3.30. The molecule has 1 saturated heterocycles. The molecular formula is C12H23N3O. The minimum atomic E-state index is -0.351. The monoisotopic (exact) mass is 225 g/mol. The van der Waals surface area contributed by atoms with Gasteiger partial charge in [0, 0.05) is 32.7 Å². The predicted octanol–water partition coefficient (Wildman–Crippen LogP) is 0.677. The Kier molecular flexibility index (Phi) is 4.72. The topological polar surface area (TPSA) is 50.5 Å². The van der Waals surface area contributed by atoms with Gasteiger partial charge >= 0.3 is 0 Å². The van der Waals surface area contributed by atoms with Gasteiger partial charge in [-0.05, 0) is 27.2 Å². The fourth-order valence-corrected chi connectivity index (χ4v) is 1.97. The maximum absolute atomic E-state index is 9.22. The van der Waals surface area contributed by atoms with Gasteiger partial charge in [0.1, 0.15) is 5.54 Å². The first-order chi connectivity index (χ1) is 7.45. The second kappa shape index (κ2) is 5.62. The molecule has 0 saturated carbocycles. The molecule has 1 unspecified atom stereocenters. The van der Waals surface area contributed by atoms with Gasteiger partial charge in [-0.25, -0.2) is 0 Å². The van der Waals surface area contributed by atoms with E-state index in [4.69, 9.17) is 5.26 Å². The summed E-state index contributed by atoms with van der Waals surface area (Å²) < 4.78 is 0. The number of nitriles is 1. The minimum absolute atomic E-state index is 0.214. The molecule has 0 radical (unpaired) electrons. The van der Waals surface area contributed by atoms with E-state index in [0.717, 1.165) is 39.1 Å². The van der Waals surface area contributed by atoms with Crippen LogP contribution in [0.4, 0.5) is 0 Å². The fourth-order valence-electron chi connectivity index (χ4n) is 1.97. The normalized spacial score (nSPS) is 21.7. The fraction of sp³-hybridized carbons (Fsp3) is 0.917. The predicted molar refractivity (Wildman–Crippen MR) is 64.0 cm³/mol. The summed E-state index contributed by atoms with van der Waals surface area (Å²) in [5.41, 5.74) is -0.351. The lowest BCUT2D eigenvalue weighted by molar-refractivity contribution is 0.0700. The van der Waals surface area contributed by atoms with Crippen molar-refractivity contribution in [1.29, 1.82) is 5.26 Å². The Morgan fingerprint density at radius 2 is 1.88 bits per heavy atom. The molecule has 4 nitrogen and oxygen atoms in total. The number of aliphatic hydroxyl groups is 1. The number of hydrogen-bond acceptors (Lipinski definition) is 4. The zero-order valence-electron chi connectivity index (χ0n) is 10.6. The van der Waals surface area contributed by atoms with Crippen LogP contribution in [-0.4, -0.2) is 59.3 Å². The Morgan fingerprint density at radius 3 is 2.31 bits per heavy atom. The van der Waals surface area contributed by atoms with Gasteiger partial charge in [0.2, 0.25) is 0 Å². The molecule has 16 heavy (non-hydrogen) atoms. The Hall–Kier alpha value is -0.630. The second-order valence-corrected chi connectivity index (χ2v) is 5.14. The van der Waals surface area contributed by atoms with Crippen molar-refractivity contribution >= 4 is 0 Å². The molecule has 1 atom stereocenters. The molecule has 1 aliphatic heterocycles. The Labute approximate surface area is 98.5 Å². The van der Waals surface area contributed by atoms with Crippen molar-refractivity contribution in [3.8, 4) is 6.07 Å². The molecule has 0 spiro atoms. The molecule has 1 heterocycles. The average molecular weight is 225 g/mol. The van der Waals surface area contributed by atoms with Gasteiger partial charge in [0.25, 0.3) is 0 Å². The van der Waals surface area contributed by atoms with Crippen LogP contribution in [0.5, 0.6) is 0 Å². The third-order valence-electron chi connectivity index (χ3n) is 3.30. The molecule has 1 rings (SSSR count). The van der Waals surface area contributed by atoms with Crippen LogP contribution >= 0.6 is 0 Å². The van der Waals surface area contributed by atoms with E-state index >= 15 is 0 Å². The van der Waals surface area contributed by atoms with Crippen molar-refractivity contribution in [2.24, 2.45) is 0 Å². The van der Waals surface area contributed by atoms with Gasteiger partial charge in [-0.1, -0.05) is 0 Å². The van der Waals surface area contributed by atoms with E-state index < -0.39 is 0 Å². The van der Waals surface area contributed by atoms with Crippen LogP contribution in [0.15, 0.2) is 0 Å². The average Bonchev–Trinajstić information content (AvgIpc) is 2.27. The molecule has 0 aliphatic carbocycles. The standard InChI is InChI=1S/C12H23N3O/c1-11(16)4-5-14-6-8-15(9-7-14)12(2,3)10-13/h11,16H,4-9H2,1-3H3. The number of hydrogen-bond donors (Lipinski definition) is 1. The molecule has 1 N–H and O–H groups in total. The maximum atomic E-state index is 9.22. The van der Waals surface area contributed by atoms with Gasteiger partial charge in [-0.3, -0.25) is 4.90 Å². The first kappa shape index (κ1) is 13.4. The molecule has 4 heteroatoms. The van der Waals surface area contributed by atoms with Crippen LogP contribution in [0.25, 0.3) is 0 Å². The number of aliphatic hydroxyl groups excluding tert-OH is 1. The van der Waals surface area contributed by atoms with Crippen LogP contribution in [0, 0.1) is 11.3 Å². The zero-order chi connectivity index (χ0) is 12.2. The highest BCUT2D eigenvalue weighted by Crippen LogP contribution is 2.15. The first-order valence-corrected chi connectivity index (χ1v) is 6.02.